The number of hydrogen-bond donors (Lipinski definition) is 3. The minimum Gasteiger partial charge on any atom is -0.503 e. The molecule has 0 aliphatic rings. The number of rotatable bonds is 2. The standard InChI is InChI=1S/C11H8BrIN2O4/c1-19-6-3-4(2-5(12)8(6)16)9-14-10(17)7(13)11(18)15-9/h2-3,16H,1H3,(H2,14,15,17,18). The number of aromatic nitrogens is 2. The second-order valence-corrected chi connectivity index (χ2v) is 5.49. The number of methoxy groups -OCH3 is 1. The number of nitrogens with one attached hydrogen (secondary N) is 1. The number of nitrogens with zero attached hydrogens (tertiary/aromatic N) is 1. The first-order valence-electron chi connectivity index (χ1n) is 4.99. The number of phenolic OH excluding ortho intramolecular Hbond substituents is 1. The summed E-state index contributed by atoms with van der Waals surface area (Å²) in [5.74, 6) is 0.0119. The molecule has 100 valence electrons. The molecule has 0 atom stereocenters. The van der Waals surface area contributed by atoms with Crippen LogP contribution in [0.4, 0.5) is 0 Å². The maximum atomic E-state index is 11.6. The van der Waals surface area contributed by atoms with Crippen LogP contribution in [0.15, 0.2) is 21.4 Å². The third kappa shape index (κ3) is 2.68. The van der Waals surface area contributed by atoms with Crippen molar-refractivity contribution in [1.82, 2.24) is 9.97 Å². The molecule has 0 saturated carbocycles. The van der Waals surface area contributed by atoms with Crippen LogP contribution in [0.3, 0.4) is 0 Å². The monoisotopic (exact) mass is 438 g/mol. The summed E-state index contributed by atoms with van der Waals surface area (Å²) in [5, 5.41) is 19.3. The van der Waals surface area contributed by atoms with Crippen LogP contribution in [0.25, 0.3) is 11.4 Å². The predicted molar refractivity (Wildman–Crippen MR) is 80.6 cm³/mol. The van der Waals surface area contributed by atoms with Crippen molar-refractivity contribution in [3.8, 4) is 28.8 Å². The molecular weight excluding hydrogens is 431 g/mol. The number of aromatic hydroxyl groups is 2. The lowest BCUT2D eigenvalue weighted by molar-refractivity contribution is 0.372. The molecule has 2 aromatic rings. The zero-order chi connectivity index (χ0) is 14.2. The van der Waals surface area contributed by atoms with Crippen LogP contribution >= 0.6 is 38.5 Å². The fourth-order valence-corrected chi connectivity index (χ4v) is 2.15. The largest absolute Gasteiger partial charge is 0.503 e. The van der Waals surface area contributed by atoms with Crippen molar-refractivity contribution in [2.75, 3.05) is 7.11 Å². The van der Waals surface area contributed by atoms with Gasteiger partial charge in [-0.1, -0.05) is 0 Å². The molecule has 0 aliphatic heterocycles. The Morgan fingerprint density at radius 3 is 2.68 bits per heavy atom. The van der Waals surface area contributed by atoms with Gasteiger partial charge < -0.3 is 19.9 Å². The van der Waals surface area contributed by atoms with Gasteiger partial charge in [0.25, 0.3) is 5.56 Å². The average Bonchev–Trinajstić information content (AvgIpc) is 2.38. The number of halogens is 2. The molecule has 0 bridgehead atoms. The van der Waals surface area contributed by atoms with E-state index >= 15 is 0 Å². The number of benzene rings is 1. The molecule has 0 spiro atoms. The Bertz CT molecular complexity index is 702. The van der Waals surface area contributed by atoms with Gasteiger partial charge in [0, 0.05) is 5.56 Å². The van der Waals surface area contributed by atoms with E-state index in [4.69, 9.17) is 4.74 Å². The second-order valence-electron chi connectivity index (χ2n) is 3.56. The quantitative estimate of drug-likeness (QED) is 0.625. The Labute approximate surface area is 129 Å². The van der Waals surface area contributed by atoms with E-state index < -0.39 is 5.56 Å². The van der Waals surface area contributed by atoms with Crippen molar-refractivity contribution in [2.24, 2.45) is 0 Å². The van der Waals surface area contributed by atoms with Gasteiger partial charge in [-0.25, -0.2) is 0 Å². The average molecular weight is 439 g/mol. The SMILES string of the molecule is COc1cc(-c2nc(O)c(I)c(=O)[nH]2)cc(Br)c1O. The Kier molecular flexibility index (Phi) is 3.99. The number of aromatic amines is 1. The van der Waals surface area contributed by atoms with Gasteiger partial charge in [0.05, 0.1) is 11.6 Å². The Morgan fingerprint density at radius 2 is 2.11 bits per heavy atom. The molecule has 0 amide bonds. The van der Waals surface area contributed by atoms with Crippen LogP contribution < -0.4 is 10.3 Å². The van der Waals surface area contributed by atoms with Gasteiger partial charge in [0.2, 0.25) is 5.88 Å². The van der Waals surface area contributed by atoms with E-state index in [0.29, 0.717) is 10.0 Å². The van der Waals surface area contributed by atoms with E-state index in [-0.39, 0.29) is 26.8 Å². The van der Waals surface area contributed by atoms with E-state index in [1.165, 1.54) is 13.2 Å². The molecule has 0 radical (unpaired) electrons. The van der Waals surface area contributed by atoms with E-state index in [1.807, 2.05) is 0 Å². The molecule has 6 nitrogen and oxygen atoms in total. The Hall–Kier alpha value is -1.29. The number of ether oxygens (including phenoxy) is 1. The van der Waals surface area contributed by atoms with Crippen molar-refractivity contribution in [3.63, 3.8) is 0 Å². The lowest BCUT2D eigenvalue weighted by atomic mass is 10.2. The molecule has 19 heavy (non-hydrogen) atoms. The summed E-state index contributed by atoms with van der Waals surface area (Å²) in [7, 11) is 1.41. The van der Waals surface area contributed by atoms with Crippen molar-refractivity contribution in [2.45, 2.75) is 0 Å². The minimum atomic E-state index is -0.439. The molecule has 0 fully saturated rings. The number of hydrogen-bond acceptors (Lipinski definition) is 5. The van der Waals surface area contributed by atoms with Crippen molar-refractivity contribution >= 4 is 38.5 Å². The van der Waals surface area contributed by atoms with E-state index in [9.17, 15) is 15.0 Å². The summed E-state index contributed by atoms with van der Waals surface area (Å²) in [6.07, 6.45) is 0. The third-order valence-corrected chi connectivity index (χ3v) is 3.94. The Balaban J connectivity index is 2.66. The van der Waals surface area contributed by atoms with Crippen molar-refractivity contribution in [1.29, 1.82) is 0 Å². The topological polar surface area (TPSA) is 95.4 Å². The molecule has 8 heteroatoms. The van der Waals surface area contributed by atoms with Crippen LogP contribution in [0, 0.1) is 3.57 Å². The second kappa shape index (κ2) is 5.37. The number of phenols is 1. The molecule has 0 unspecified atom stereocenters. The van der Waals surface area contributed by atoms with Crippen molar-refractivity contribution < 1.29 is 14.9 Å². The molecular formula is C11H8BrIN2O4. The van der Waals surface area contributed by atoms with Crippen LogP contribution in [0.5, 0.6) is 17.4 Å². The minimum absolute atomic E-state index is 0.0525. The molecule has 3 N–H and O–H groups in total. The molecule has 0 aliphatic carbocycles. The van der Waals surface area contributed by atoms with Gasteiger partial charge in [0.1, 0.15) is 9.39 Å². The molecule has 1 aromatic heterocycles. The first-order valence-corrected chi connectivity index (χ1v) is 6.87. The summed E-state index contributed by atoms with van der Waals surface area (Å²) in [5.41, 5.74) is 0.0524. The van der Waals surface area contributed by atoms with E-state index in [0.717, 1.165) is 0 Å². The van der Waals surface area contributed by atoms with Crippen molar-refractivity contribution in [3.05, 3.63) is 30.5 Å². The summed E-state index contributed by atoms with van der Waals surface area (Å²) >= 11 is 4.87. The van der Waals surface area contributed by atoms with Gasteiger partial charge in [-0.15, -0.1) is 0 Å². The van der Waals surface area contributed by atoms with Crippen LogP contribution in [-0.4, -0.2) is 27.3 Å². The summed E-state index contributed by atoms with van der Waals surface area (Å²) in [6.45, 7) is 0. The highest BCUT2D eigenvalue weighted by atomic mass is 127. The van der Waals surface area contributed by atoms with Gasteiger partial charge in [-0.2, -0.15) is 4.98 Å². The van der Waals surface area contributed by atoms with Crippen LogP contribution in [-0.2, 0) is 0 Å². The highest BCUT2D eigenvalue weighted by Crippen LogP contribution is 2.37. The summed E-state index contributed by atoms with van der Waals surface area (Å²) in [6, 6.07) is 3.06. The first kappa shape index (κ1) is 14.1. The van der Waals surface area contributed by atoms with E-state index in [1.54, 1.807) is 28.7 Å². The fraction of sp³-hybridized carbons (Fsp3) is 0.0909. The van der Waals surface area contributed by atoms with Crippen LogP contribution in [0.2, 0.25) is 0 Å². The summed E-state index contributed by atoms with van der Waals surface area (Å²) in [4.78, 5) is 18.0. The molecule has 1 heterocycles. The highest BCUT2D eigenvalue weighted by molar-refractivity contribution is 14.1. The third-order valence-electron chi connectivity index (χ3n) is 2.37. The summed E-state index contributed by atoms with van der Waals surface area (Å²) < 4.78 is 5.52. The maximum Gasteiger partial charge on any atom is 0.268 e. The van der Waals surface area contributed by atoms with Gasteiger partial charge >= 0.3 is 0 Å². The van der Waals surface area contributed by atoms with Gasteiger partial charge in [-0.3, -0.25) is 4.79 Å². The lowest BCUT2D eigenvalue weighted by Gasteiger charge is -2.08. The smallest absolute Gasteiger partial charge is 0.268 e. The lowest BCUT2D eigenvalue weighted by Crippen LogP contribution is -2.12. The van der Waals surface area contributed by atoms with Gasteiger partial charge in [0.15, 0.2) is 11.5 Å². The Morgan fingerprint density at radius 1 is 1.42 bits per heavy atom. The van der Waals surface area contributed by atoms with Crippen LogP contribution in [0.1, 0.15) is 0 Å². The fourth-order valence-electron chi connectivity index (χ4n) is 1.45. The predicted octanol–water partition coefficient (Wildman–Crippen LogP) is 2.22. The van der Waals surface area contributed by atoms with E-state index in [2.05, 4.69) is 25.9 Å². The number of H-pyrrole nitrogens is 1. The van der Waals surface area contributed by atoms with Gasteiger partial charge in [-0.05, 0) is 50.7 Å². The molecule has 0 saturated heterocycles. The molecule has 1 aromatic carbocycles. The maximum absolute atomic E-state index is 11.6. The first-order chi connectivity index (χ1) is 8.93. The molecule has 2 rings (SSSR count). The zero-order valence-corrected chi connectivity index (χ0v) is 13.3. The zero-order valence-electron chi connectivity index (χ0n) is 9.57. The normalized spacial score (nSPS) is 10.5. The highest BCUT2D eigenvalue weighted by Gasteiger charge is 2.14.